The van der Waals surface area contributed by atoms with Crippen molar-refractivity contribution in [3.8, 4) is 0 Å². The molecule has 0 spiro atoms. The van der Waals surface area contributed by atoms with Gasteiger partial charge in [0, 0.05) is 12.1 Å². The van der Waals surface area contributed by atoms with E-state index in [1.807, 2.05) is 42.5 Å². The fourth-order valence-corrected chi connectivity index (χ4v) is 2.02. The number of carbonyl (C=O) groups excluding carboxylic acids is 1. The van der Waals surface area contributed by atoms with Gasteiger partial charge in [-0.05, 0) is 29.3 Å². The largest absolute Gasteiger partial charge is 0.480 e. The summed E-state index contributed by atoms with van der Waals surface area (Å²) in [6.07, 6.45) is 0.203. The van der Waals surface area contributed by atoms with E-state index in [0.717, 1.165) is 10.8 Å². The van der Waals surface area contributed by atoms with Crippen LogP contribution in [0.3, 0.4) is 0 Å². The monoisotopic (exact) mass is 272 g/mol. The average molecular weight is 272 g/mol. The molecular weight excluding hydrogens is 256 g/mol. The van der Waals surface area contributed by atoms with Gasteiger partial charge in [-0.15, -0.1) is 0 Å². The first-order valence-corrected chi connectivity index (χ1v) is 6.33. The maximum atomic E-state index is 11.2. The van der Waals surface area contributed by atoms with Crippen molar-refractivity contribution in [2.45, 2.75) is 18.9 Å². The van der Waals surface area contributed by atoms with Gasteiger partial charge in [-0.25, -0.2) is 4.79 Å². The summed E-state index contributed by atoms with van der Waals surface area (Å²) in [5.74, 6) is -1.50. The van der Waals surface area contributed by atoms with Crippen LogP contribution in [0.15, 0.2) is 42.5 Å². The number of anilines is 1. The minimum absolute atomic E-state index is 0.0392. The minimum Gasteiger partial charge on any atom is -0.480 e. The summed E-state index contributed by atoms with van der Waals surface area (Å²) in [6.45, 7) is 0. The summed E-state index contributed by atoms with van der Waals surface area (Å²) in [7, 11) is 0. The van der Waals surface area contributed by atoms with Gasteiger partial charge >= 0.3 is 5.97 Å². The number of carboxylic acid groups (broad SMARTS) is 1. The van der Waals surface area contributed by atoms with Crippen LogP contribution < -0.4 is 11.1 Å². The zero-order valence-electron chi connectivity index (χ0n) is 10.9. The van der Waals surface area contributed by atoms with Gasteiger partial charge in [0.1, 0.15) is 6.04 Å². The first kappa shape index (κ1) is 13.9. The number of hydrogen-bond acceptors (Lipinski definition) is 3. The second-order valence-corrected chi connectivity index (χ2v) is 4.60. The van der Waals surface area contributed by atoms with Gasteiger partial charge in [0.05, 0.1) is 0 Å². The summed E-state index contributed by atoms with van der Waals surface area (Å²) in [4.78, 5) is 21.9. The molecule has 0 saturated carbocycles. The molecule has 2 aromatic rings. The molecule has 104 valence electrons. The van der Waals surface area contributed by atoms with E-state index in [1.54, 1.807) is 0 Å². The first-order valence-electron chi connectivity index (χ1n) is 6.33. The summed E-state index contributed by atoms with van der Waals surface area (Å²) >= 11 is 0. The molecule has 0 saturated heterocycles. The lowest BCUT2D eigenvalue weighted by Crippen LogP contribution is -2.30. The van der Waals surface area contributed by atoms with Gasteiger partial charge in [0.25, 0.3) is 0 Å². The normalized spacial score (nSPS) is 12.0. The average Bonchev–Trinajstić information content (AvgIpc) is 2.42. The molecule has 0 aliphatic carbocycles. The molecule has 4 N–H and O–H groups in total. The van der Waals surface area contributed by atoms with Crippen LogP contribution in [-0.2, 0) is 9.59 Å². The van der Waals surface area contributed by atoms with Crippen molar-refractivity contribution >= 4 is 28.3 Å². The summed E-state index contributed by atoms with van der Waals surface area (Å²) in [6, 6.07) is 12.6. The van der Waals surface area contributed by atoms with E-state index in [0.29, 0.717) is 5.69 Å². The first-order chi connectivity index (χ1) is 9.56. The maximum Gasteiger partial charge on any atom is 0.326 e. The molecule has 5 nitrogen and oxygen atoms in total. The van der Waals surface area contributed by atoms with Crippen molar-refractivity contribution in [3.05, 3.63) is 42.5 Å². The Hall–Kier alpha value is -2.56. The van der Waals surface area contributed by atoms with Crippen LogP contribution in [0.5, 0.6) is 0 Å². The van der Waals surface area contributed by atoms with E-state index in [9.17, 15) is 9.59 Å². The molecule has 0 aromatic heterocycles. The topological polar surface area (TPSA) is 92.4 Å². The lowest BCUT2D eigenvalue weighted by molar-refractivity contribution is -0.138. The zero-order valence-corrected chi connectivity index (χ0v) is 10.9. The SMILES string of the molecule is NC(=O)CC[C@H](Nc1ccc2ccccc2c1)C(=O)O. The molecule has 0 unspecified atom stereocenters. The van der Waals surface area contributed by atoms with Gasteiger partial charge in [0.15, 0.2) is 0 Å². The molecule has 0 aliphatic rings. The number of fused-ring (bicyclic) bond motifs is 1. The fourth-order valence-electron chi connectivity index (χ4n) is 2.02. The van der Waals surface area contributed by atoms with Crippen LogP contribution in [0.2, 0.25) is 0 Å². The molecule has 0 bridgehead atoms. The van der Waals surface area contributed by atoms with Crippen LogP contribution in [0.1, 0.15) is 12.8 Å². The van der Waals surface area contributed by atoms with E-state index < -0.39 is 17.9 Å². The number of nitrogens with one attached hydrogen (secondary N) is 1. The highest BCUT2D eigenvalue weighted by Crippen LogP contribution is 2.20. The second-order valence-electron chi connectivity index (χ2n) is 4.60. The third-order valence-electron chi connectivity index (χ3n) is 3.07. The van der Waals surface area contributed by atoms with E-state index in [4.69, 9.17) is 10.8 Å². The van der Waals surface area contributed by atoms with Gasteiger partial charge in [-0.1, -0.05) is 30.3 Å². The van der Waals surface area contributed by atoms with Crippen LogP contribution in [-0.4, -0.2) is 23.0 Å². The van der Waals surface area contributed by atoms with E-state index in [1.165, 1.54) is 0 Å². The third kappa shape index (κ3) is 3.47. The number of rotatable bonds is 6. The molecule has 0 radical (unpaired) electrons. The van der Waals surface area contributed by atoms with E-state index in [2.05, 4.69) is 5.32 Å². The van der Waals surface area contributed by atoms with E-state index in [-0.39, 0.29) is 12.8 Å². The van der Waals surface area contributed by atoms with Crippen LogP contribution >= 0.6 is 0 Å². The number of benzene rings is 2. The van der Waals surface area contributed by atoms with E-state index >= 15 is 0 Å². The molecule has 1 amide bonds. The number of carbonyl (C=O) groups is 2. The number of amides is 1. The van der Waals surface area contributed by atoms with Crippen molar-refractivity contribution in [3.63, 3.8) is 0 Å². The Labute approximate surface area is 116 Å². The van der Waals surface area contributed by atoms with Gasteiger partial charge < -0.3 is 16.2 Å². The predicted molar refractivity (Wildman–Crippen MR) is 77.4 cm³/mol. The standard InChI is InChI=1S/C15H16N2O3/c16-14(18)8-7-13(15(19)20)17-12-6-5-10-3-1-2-4-11(10)9-12/h1-6,9,13,17H,7-8H2,(H2,16,18)(H,19,20)/t13-/m0/s1. The Morgan fingerprint density at radius 2 is 1.85 bits per heavy atom. The fraction of sp³-hybridized carbons (Fsp3) is 0.200. The summed E-state index contributed by atoms with van der Waals surface area (Å²) in [5, 5.41) is 14.2. The molecule has 1 atom stereocenters. The summed E-state index contributed by atoms with van der Waals surface area (Å²) < 4.78 is 0. The molecule has 0 fully saturated rings. The Kier molecular flexibility index (Phi) is 4.20. The number of nitrogens with two attached hydrogens (primary N) is 1. The zero-order chi connectivity index (χ0) is 14.5. The minimum atomic E-state index is -1.00. The Morgan fingerprint density at radius 3 is 2.50 bits per heavy atom. The predicted octanol–water partition coefficient (Wildman–Crippen LogP) is 1.97. The Balaban J connectivity index is 2.15. The molecule has 0 heterocycles. The molecule has 2 aromatic carbocycles. The van der Waals surface area contributed by atoms with Gasteiger partial charge in [-0.3, -0.25) is 4.79 Å². The quantitative estimate of drug-likeness (QED) is 0.749. The van der Waals surface area contributed by atoms with Crippen molar-refractivity contribution in [2.24, 2.45) is 5.73 Å². The highest BCUT2D eigenvalue weighted by atomic mass is 16.4. The van der Waals surface area contributed by atoms with Crippen LogP contribution in [0.25, 0.3) is 10.8 Å². The third-order valence-corrected chi connectivity index (χ3v) is 3.07. The Morgan fingerprint density at radius 1 is 1.15 bits per heavy atom. The number of carboxylic acids is 1. The molecular formula is C15H16N2O3. The number of aliphatic carboxylic acids is 1. The molecule has 0 aliphatic heterocycles. The van der Waals surface area contributed by atoms with Crippen molar-refractivity contribution < 1.29 is 14.7 Å². The highest BCUT2D eigenvalue weighted by molar-refractivity contribution is 5.87. The van der Waals surface area contributed by atoms with Gasteiger partial charge in [-0.2, -0.15) is 0 Å². The maximum absolute atomic E-state index is 11.2. The highest BCUT2D eigenvalue weighted by Gasteiger charge is 2.17. The van der Waals surface area contributed by atoms with Gasteiger partial charge in [0.2, 0.25) is 5.91 Å². The van der Waals surface area contributed by atoms with Crippen molar-refractivity contribution in [1.82, 2.24) is 0 Å². The van der Waals surface area contributed by atoms with Crippen LogP contribution in [0, 0.1) is 0 Å². The number of hydrogen-bond donors (Lipinski definition) is 3. The second kappa shape index (κ2) is 6.06. The van der Waals surface area contributed by atoms with Crippen molar-refractivity contribution in [1.29, 1.82) is 0 Å². The molecule has 2 rings (SSSR count). The van der Waals surface area contributed by atoms with Crippen LogP contribution in [0.4, 0.5) is 5.69 Å². The molecule has 20 heavy (non-hydrogen) atoms. The molecule has 5 heteroatoms. The lowest BCUT2D eigenvalue weighted by Gasteiger charge is -2.15. The smallest absolute Gasteiger partial charge is 0.326 e. The van der Waals surface area contributed by atoms with Crippen molar-refractivity contribution in [2.75, 3.05) is 5.32 Å². The number of primary amides is 1. The Bertz CT molecular complexity index is 640. The summed E-state index contributed by atoms with van der Waals surface area (Å²) in [5.41, 5.74) is 5.76. The lowest BCUT2D eigenvalue weighted by atomic mass is 10.1.